The number of nitrogens with zero attached hydrogens (tertiary/aromatic N) is 6. The molecule has 1 saturated heterocycles. The number of rotatable bonds is 5. The van der Waals surface area contributed by atoms with E-state index in [1.54, 1.807) is 7.11 Å². The molecular weight excluding hydrogens is 430 g/mol. The van der Waals surface area contributed by atoms with Crippen molar-refractivity contribution in [3.8, 4) is 17.3 Å². The number of hydrogen-bond acceptors (Lipinski definition) is 5. The average molecular weight is 462 g/mol. The van der Waals surface area contributed by atoms with Gasteiger partial charge in [0.25, 0.3) is 5.91 Å². The van der Waals surface area contributed by atoms with E-state index in [-0.39, 0.29) is 11.9 Å². The highest BCUT2D eigenvalue weighted by Gasteiger charge is 2.28. The Balaban J connectivity index is 1.47. The molecule has 9 heteroatoms. The fourth-order valence-electron chi connectivity index (χ4n) is 5.34. The van der Waals surface area contributed by atoms with Crippen LogP contribution in [0.1, 0.15) is 36.0 Å². The molecule has 6 rings (SSSR count). The summed E-state index contributed by atoms with van der Waals surface area (Å²) in [6.07, 6.45) is 6.32. The molecule has 0 bridgehead atoms. The molecule has 2 N–H and O–H groups in total. The zero-order valence-electron chi connectivity index (χ0n) is 20.0. The summed E-state index contributed by atoms with van der Waals surface area (Å²) in [6.45, 7) is 2.27. The second-order valence-corrected chi connectivity index (χ2v) is 9.82. The number of amides is 1. The number of imidazole rings is 1. The van der Waals surface area contributed by atoms with E-state index in [4.69, 9.17) is 15.5 Å². The number of nitrogens with two attached hydrogens (primary N) is 1. The first kappa shape index (κ1) is 21.2. The van der Waals surface area contributed by atoms with Crippen molar-refractivity contribution in [1.29, 1.82) is 0 Å². The van der Waals surface area contributed by atoms with E-state index in [9.17, 15) is 4.79 Å². The molecule has 1 aliphatic carbocycles. The number of hydrogen-bond donors (Lipinski definition) is 1. The summed E-state index contributed by atoms with van der Waals surface area (Å²) in [5.74, 6) is 2.19. The first-order valence-corrected chi connectivity index (χ1v) is 12.1. The van der Waals surface area contributed by atoms with Gasteiger partial charge in [-0.1, -0.05) is 0 Å². The molecule has 1 amide bonds. The Kier molecular flexibility index (Phi) is 4.91. The number of ether oxygens (including phenoxy) is 1. The Labute approximate surface area is 198 Å². The first-order chi connectivity index (χ1) is 16.4. The monoisotopic (exact) mass is 461 g/mol. The van der Waals surface area contributed by atoms with Crippen molar-refractivity contribution in [2.75, 3.05) is 20.2 Å². The van der Waals surface area contributed by atoms with Gasteiger partial charge in [-0.15, -0.1) is 0 Å². The second-order valence-electron chi connectivity index (χ2n) is 9.82. The van der Waals surface area contributed by atoms with Crippen molar-refractivity contribution in [3.05, 3.63) is 30.0 Å². The van der Waals surface area contributed by atoms with Crippen LogP contribution in [0.3, 0.4) is 0 Å². The first-order valence-electron chi connectivity index (χ1n) is 12.1. The van der Waals surface area contributed by atoms with E-state index in [1.807, 2.05) is 42.0 Å². The van der Waals surface area contributed by atoms with Gasteiger partial charge in [0.15, 0.2) is 5.82 Å². The number of carbonyl (C=O) groups excluding carboxylic acids is 1. The van der Waals surface area contributed by atoms with Gasteiger partial charge in [-0.3, -0.25) is 9.48 Å². The molecule has 0 radical (unpaired) electrons. The van der Waals surface area contributed by atoms with Gasteiger partial charge >= 0.3 is 0 Å². The van der Waals surface area contributed by atoms with E-state index in [0.717, 1.165) is 59.5 Å². The molecule has 1 aliphatic heterocycles. The van der Waals surface area contributed by atoms with Crippen molar-refractivity contribution in [3.63, 3.8) is 0 Å². The molecule has 1 aromatic carbocycles. The van der Waals surface area contributed by atoms with Crippen LogP contribution in [0.5, 0.6) is 5.75 Å². The van der Waals surface area contributed by atoms with Crippen molar-refractivity contribution >= 4 is 28.0 Å². The quantitative estimate of drug-likeness (QED) is 0.493. The number of aromatic nitrogens is 5. The third-order valence-electron chi connectivity index (χ3n) is 7.29. The maximum absolute atomic E-state index is 13.3. The number of fused-ring (bicyclic) bond motifs is 2. The smallest absolute Gasteiger partial charge is 0.254 e. The summed E-state index contributed by atoms with van der Waals surface area (Å²) in [6, 6.07) is 5.92. The number of benzene rings is 1. The Morgan fingerprint density at radius 1 is 1.21 bits per heavy atom. The molecule has 178 valence electrons. The number of piperidine rings is 1. The van der Waals surface area contributed by atoms with Crippen LogP contribution in [-0.2, 0) is 20.6 Å². The summed E-state index contributed by atoms with van der Waals surface area (Å²) in [5.41, 5.74) is 10.5. The van der Waals surface area contributed by atoms with Crippen LogP contribution in [-0.4, -0.2) is 60.9 Å². The predicted octanol–water partition coefficient (Wildman–Crippen LogP) is 2.91. The maximum atomic E-state index is 13.3. The third kappa shape index (κ3) is 3.37. The predicted molar refractivity (Wildman–Crippen MR) is 131 cm³/mol. The highest BCUT2D eigenvalue weighted by atomic mass is 16.5. The van der Waals surface area contributed by atoms with Gasteiger partial charge in [0.05, 0.1) is 24.5 Å². The molecule has 9 nitrogen and oxygen atoms in total. The van der Waals surface area contributed by atoms with Gasteiger partial charge in [0.2, 0.25) is 0 Å². The Morgan fingerprint density at radius 3 is 2.76 bits per heavy atom. The lowest BCUT2D eigenvalue weighted by Gasteiger charge is -2.30. The molecule has 1 atom stereocenters. The van der Waals surface area contributed by atoms with Gasteiger partial charge in [-0.25, -0.2) is 4.98 Å². The topological polar surface area (TPSA) is 96.1 Å². The minimum atomic E-state index is -0.0172. The summed E-state index contributed by atoms with van der Waals surface area (Å²) in [7, 11) is 5.63. The second kappa shape index (κ2) is 7.87. The van der Waals surface area contributed by atoms with Gasteiger partial charge in [0, 0.05) is 50.7 Å². The molecule has 2 fully saturated rings. The van der Waals surface area contributed by atoms with Crippen LogP contribution in [0.2, 0.25) is 0 Å². The average Bonchev–Trinajstić information content (AvgIpc) is 3.36. The van der Waals surface area contributed by atoms with E-state index in [0.29, 0.717) is 23.8 Å². The molecule has 4 aromatic rings. The summed E-state index contributed by atoms with van der Waals surface area (Å²) < 4.78 is 12.1. The highest BCUT2D eigenvalue weighted by Crippen LogP contribution is 2.37. The Morgan fingerprint density at radius 2 is 2.03 bits per heavy atom. The van der Waals surface area contributed by atoms with Crippen molar-refractivity contribution in [2.24, 2.45) is 25.7 Å². The summed E-state index contributed by atoms with van der Waals surface area (Å²) >= 11 is 0. The molecule has 1 saturated carbocycles. The summed E-state index contributed by atoms with van der Waals surface area (Å²) in [4.78, 5) is 20.2. The van der Waals surface area contributed by atoms with E-state index in [1.165, 1.54) is 12.8 Å². The fourth-order valence-corrected chi connectivity index (χ4v) is 5.34. The van der Waals surface area contributed by atoms with Crippen LogP contribution in [0.25, 0.3) is 33.6 Å². The fraction of sp³-hybridized carbons (Fsp3) is 0.480. The maximum Gasteiger partial charge on any atom is 0.254 e. The van der Waals surface area contributed by atoms with Gasteiger partial charge in [-0.05, 0) is 49.8 Å². The number of methoxy groups -OCH3 is 1. The van der Waals surface area contributed by atoms with Crippen LogP contribution >= 0.6 is 0 Å². The normalized spacial score (nSPS) is 18.8. The lowest BCUT2D eigenvalue weighted by atomic mass is 10.0. The zero-order valence-corrected chi connectivity index (χ0v) is 20.0. The molecular formula is C25H31N7O2. The minimum absolute atomic E-state index is 0.0172. The SMILES string of the molecule is COc1cc(C(=O)N2CCC[C@@H](N)C2)cc2nc(-c3cc4cnn(C)c4n3CC3CC3)n(C)c12. The third-order valence-corrected chi connectivity index (χ3v) is 7.29. The largest absolute Gasteiger partial charge is 0.494 e. The van der Waals surface area contributed by atoms with Crippen LogP contribution in [0, 0.1) is 5.92 Å². The highest BCUT2D eigenvalue weighted by molar-refractivity contribution is 6.00. The van der Waals surface area contributed by atoms with Crippen molar-refractivity contribution < 1.29 is 9.53 Å². The lowest BCUT2D eigenvalue weighted by molar-refractivity contribution is 0.0708. The number of carbonyl (C=O) groups is 1. The van der Waals surface area contributed by atoms with Gasteiger partial charge in [-0.2, -0.15) is 5.10 Å². The minimum Gasteiger partial charge on any atom is -0.494 e. The van der Waals surface area contributed by atoms with Gasteiger partial charge in [0.1, 0.15) is 16.9 Å². The van der Waals surface area contributed by atoms with E-state index >= 15 is 0 Å². The summed E-state index contributed by atoms with van der Waals surface area (Å²) in [5, 5.41) is 5.56. The van der Waals surface area contributed by atoms with Crippen LogP contribution in [0.15, 0.2) is 24.4 Å². The van der Waals surface area contributed by atoms with Crippen molar-refractivity contribution in [2.45, 2.75) is 38.3 Å². The molecule has 4 heterocycles. The van der Waals surface area contributed by atoms with Crippen molar-refractivity contribution in [1.82, 2.24) is 28.8 Å². The molecule has 0 spiro atoms. The molecule has 2 aliphatic rings. The Bertz CT molecular complexity index is 1410. The lowest BCUT2D eigenvalue weighted by Crippen LogP contribution is -2.45. The number of aryl methyl sites for hydroxylation is 2. The van der Waals surface area contributed by atoms with E-state index in [2.05, 4.69) is 20.3 Å². The Hall–Kier alpha value is -3.33. The molecule has 3 aromatic heterocycles. The van der Waals surface area contributed by atoms with Crippen LogP contribution in [0.4, 0.5) is 0 Å². The standard InChI is InChI=1S/C25H31N7O2/c1-29-22-19(9-16(11-21(22)34-3)25(33)31-8-4-5-18(26)14-31)28-23(29)20-10-17-12-27-30(2)24(17)32(20)13-15-6-7-15/h9-12,15,18H,4-8,13-14,26H2,1-3H3/t18-/m1/s1. The molecule has 34 heavy (non-hydrogen) atoms. The van der Waals surface area contributed by atoms with E-state index < -0.39 is 0 Å². The van der Waals surface area contributed by atoms with Gasteiger partial charge < -0.3 is 24.5 Å². The number of likely N-dealkylation sites (tertiary alicyclic amines) is 1. The molecule has 0 unspecified atom stereocenters. The van der Waals surface area contributed by atoms with Crippen LogP contribution < -0.4 is 10.5 Å². The zero-order chi connectivity index (χ0) is 23.6.